The normalized spacial score (nSPS) is 23.8. The Hall–Kier alpha value is -1.61. The molecule has 0 amide bonds. The zero-order chi connectivity index (χ0) is 13.0. The van der Waals surface area contributed by atoms with Crippen molar-refractivity contribution in [1.29, 1.82) is 0 Å². The maximum atomic E-state index is 11.9. The van der Waals surface area contributed by atoms with Crippen LogP contribution in [0.25, 0.3) is 0 Å². The van der Waals surface area contributed by atoms with Crippen molar-refractivity contribution in [3.8, 4) is 0 Å². The SMILES string of the molecule is CC1(COCc2ccccc2)CCC(O)=CC1=O. The van der Waals surface area contributed by atoms with Crippen LogP contribution < -0.4 is 0 Å². The molecule has 1 aromatic rings. The van der Waals surface area contributed by atoms with E-state index < -0.39 is 5.41 Å². The lowest BCUT2D eigenvalue weighted by Gasteiger charge is -2.29. The van der Waals surface area contributed by atoms with Gasteiger partial charge in [-0.25, -0.2) is 0 Å². The van der Waals surface area contributed by atoms with Gasteiger partial charge in [0.1, 0.15) is 0 Å². The number of aliphatic hydroxyl groups is 1. The van der Waals surface area contributed by atoms with Gasteiger partial charge in [0.2, 0.25) is 0 Å². The first-order chi connectivity index (χ1) is 8.60. The van der Waals surface area contributed by atoms with Crippen LogP contribution in [0, 0.1) is 5.41 Å². The molecule has 1 aromatic carbocycles. The zero-order valence-corrected chi connectivity index (χ0v) is 10.6. The number of carbonyl (C=O) groups excluding carboxylic acids is 1. The Kier molecular flexibility index (Phi) is 3.82. The molecule has 0 bridgehead atoms. The maximum Gasteiger partial charge on any atom is 0.167 e. The Morgan fingerprint density at radius 3 is 2.72 bits per heavy atom. The van der Waals surface area contributed by atoms with Gasteiger partial charge in [0.05, 0.1) is 24.4 Å². The standard InChI is InChI=1S/C15H18O3/c1-15(8-7-13(16)9-14(15)17)11-18-10-12-5-3-2-4-6-12/h2-6,9,16H,7-8,10-11H2,1H3. The van der Waals surface area contributed by atoms with Crippen LogP contribution in [0.2, 0.25) is 0 Å². The number of rotatable bonds is 4. The maximum absolute atomic E-state index is 11.9. The van der Waals surface area contributed by atoms with E-state index in [0.29, 0.717) is 26.1 Å². The number of hydrogen-bond acceptors (Lipinski definition) is 3. The van der Waals surface area contributed by atoms with Gasteiger partial charge in [0, 0.05) is 12.5 Å². The third kappa shape index (κ3) is 2.99. The molecule has 0 saturated heterocycles. The molecule has 0 aromatic heterocycles. The van der Waals surface area contributed by atoms with Gasteiger partial charge < -0.3 is 9.84 Å². The molecular weight excluding hydrogens is 228 g/mol. The van der Waals surface area contributed by atoms with Crippen LogP contribution >= 0.6 is 0 Å². The minimum absolute atomic E-state index is 0.0423. The Morgan fingerprint density at radius 2 is 2.06 bits per heavy atom. The van der Waals surface area contributed by atoms with Crippen molar-refractivity contribution in [3.05, 3.63) is 47.7 Å². The van der Waals surface area contributed by atoms with Gasteiger partial charge in [-0.15, -0.1) is 0 Å². The molecular formula is C15H18O3. The lowest BCUT2D eigenvalue weighted by Crippen LogP contribution is -2.34. The van der Waals surface area contributed by atoms with Crippen molar-refractivity contribution in [2.75, 3.05) is 6.61 Å². The molecule has 0 fully saturated rings. The van der Waals surface area contributed by atoms with Gasteiger partial charge >= 0.3 is 0 Å². The van der Waals surface area contributed by atoms with E-state index in [-0.39, 0.29) is 11.5 Å². The van der Waals surface area contributed by atoms with Crippen molar-refractivity contribution in [1.82, 2.24) is 0 Å². The van der Waals surface area contributed by atoms with Gasteiger partial charge in [-0.1, -0.05) is 37.3 Å². The van der Waals surface area contributed by atoms with E-state index in [1.54, 1.807) is 0 Å². The van der Waals surface area contributed by atoms with Crippen LogP contribution in [-0.2, 0) is 16.1 Å². The van der Waals surface area contributed by atoms with Crippen LogP contribution in [0.1, 0.15) is 25.3 Å². The Balaban J connectivity index is 1.89. The summed E-state index contributed by atoms with van der Waals surface area (Å²) < 4.78 is 5.64. The first-order valence-electron chi connectivity index (χ1n) is 6.16. The van der Waals surface area contributed by atoms with Crippen molar-refractivity contribution in [3.63, 3.8) is 0 Å². The molecule has 1 aliphatic rings. The average molecular weight is 246 g/mol. The third-order valence-corrected chi connectivity index (χ3v) is 3.36. The van der Waals surface area contributed by atoms with Crippen LogP contribution in [-0.4, -0.2) is 17.5 Å². The van der Waals surface area contributed by atoms with Crippen molar-refractivity contribution < 1.29 is 14.6 Å². The fraction of sp³-hybridized carbons (Fsp3) is 0.400. The molecule has 0 aliphatic heterocycles. The Morgan fingerprint density at radius 1 is 1.33 bits per heavy atom. The second-order valence-electron chi connectivity index (χ2n) is 5.04. The summed E-state index contributed by atoms with van der Waals surface area (Å²) in [4.78, 5) is 11.9. The van der Waals surface area contributed by atoms with Crippen LogP contribution in [0.5, 0.6) is 0 Å². The van der Waals surface area contributed by atoms with E-state index in [9.17, 15) is 9.90 Å². The number of hydrogen-bond donors (Lipinski definition) is 1. The minimum Gasteiger partial charge on any atom is -0.512 e. The van der Waals surface area contributed by atoms with Crippen molar-refractivity contribution in [2.45, 2.75) is 26.4 Å². The number of carbonyl (C=O) groups is 1. The summed E-state index contributed by atoms with van der Waals surface area (Å²) in [6, 6.07) is 9.89. The van der Waals surface area contributed by atoms with Crippen LogP contribution in [0.4, 0.5) is 0 Å². The lowest BCUT2D eigenvalue weighted by atomic mass is 9.78. The number of ether oxygens (including phenoxy) is 1. The molecule has 0 heterocycles. The number of aliphatic hydroxyl groups excluding tert-OH is 1. The number of ketones is 1. The third-order valence-electron chi connectivity index (χ3n) is 3.36. The van der Waals surface area contributed by atoms with E-state index in [1.165, 1.54) is 6.08 Å². The summed E-state index contributed by atoms with van der Waals surface area (Å²) in [5.74, 6) is 0.139. The number of benzene rings is 1. The molecule has 2 rings (SSSR count). The molecule has 1 unspecified atom stereocenters. The molecule has 3 nitrogen and oxygen atoms in total. The van der Waals surface area contributed by atoms with Crippen LogP contribution in [0.3, 0.4) is 0 Å². The quantitative estimate of drug-likeness (QED) is 0.888. The number of allylic oxidation sites excluding steroid dienone is 2. The molecule has 1 aliphatic carbocycles. The molecule has 18 heavy (non-hydrogen) atoms. The predicted molar refractivity (Wildman–Crippen MR) is 69.2 cm³/mol. The highest BCUT2D eigenvalue weighted by atomic mass is 16.5. The summed E-state index contributed by atoms with van der Waals surface area (Å²) in [6.45, 7) is 2.80. The largest absolute Gasteiger partial charge is 0.512 e. The monoisotopic (exact) mass is 246 g/mol. The van der Waals surface area contributed by atoms with E-state index in [1.807, 2.05) is 37.3 Å². The second-order valence-corrected chi connectivity index (χ2v) is 5.04. The average Bonchev–Trinajstić information content (AvgIpc) is 2.36. The smallest absolute Gasteiger partial charge is 0.167 e. The highest BCUT2D eigenvalue weighted by Crippen LogP contribution is 2.31. The first kappa shape index (κ1) is 12.8. The summed E-state index contributed by atoms with van der Waals surface area (Å²) >= 11 is 0. The lowest BCUT2D eigenvalue weighted by molar-refractivity contribution is -0.128. The summed E-state index contributed by atoms with van der Waals surface area (Å²) in [7, 11) is 0. The highest BCUT2D eigenvalue weighted by molar-refractivity contribution is 5.95. The van der Waals surface area contributed by atoms with E-state index in [4.69, 9.17) is 4.74 Å². The minimum atomic E-state index is -0.499. The summed E-state index contributed by atoms with van der Waals surface area (Å²) in [6.07, 6.45) is 2.52. The molecule has 0 saturated carbocycles. The van der Waals surface area contributed by atoms with Gasteiger partial charge in [-0.2, -0.15) is 0 Å². The van der Waals surface area contributed by atoms with Crippen molar-refractivity contribution >= 4 is 5.78 Å². The van der Waals surface area contributed by atoms with Crippen molar-refractivity contribution in [2.24, 2.45) is 5.41 Å². The van der Waals surface area contributed by atoms with Gasteiger partial charge in [0.15, 0.2) is 5.78 Å². The molecule has 1 atom stereocenters. The second kappa shape index (κ2) is 5.36. The van der Waals surface area contributed by atoms with E-state index in [0.717, 1.165) is 5.56 Å². The summed E-state index contributed by atoms with van der Waals surface area (Å²) in [5.41, 5.74) is 0.601. The molecule has 3 heteroatoms. The molecule has 0 spiro atoms. The van der Waals surface area contributed by atoms with Gasteiger partial charge in [-0.3, -0.25) is 4.79 Å². The fourth-order valence-electron chi connectivity index (χ4n) is 2.04. The van der Waals surface area contributed by atoms with Gasteiger partial charge in [0.25, 0.3) is 0 Å². The highest BCUT2D eigenvalue weighted by Gasteiger charge is 2.35. The summed E-state index contributed by atoms with van der Waals surface area (Å²) in [5, 5.41) is 9.31. The Bertz CT molecular complexity index is 450. The molecule has 1 N–H and O–H groups in total. The first-order valence-corrected chi connectivity index (χ1v) is 6.16. The predicted octanol–water partition coefficient (Wildman–Crippen LogP) is 3.01. The van der Waals surface area contributed by atoms with Crippen LogP contribution in [0.15, 0.2) is 42.2 Å². The molecule has 0 radical (unpaired) electrons. The Labute approximate surface area is 107 Å². The fourth-order valence-corrected chi connectivity index (χ4v) is 2.04. The van der Waals surface area contributed by atoms with Gasteiger partial charge in [-0.05, 0) is 12.0 Å². The zero-order valence-electron chi connectivity index (χ0n) is 10.6. The molecule has 96 valence electrons. The topological polar surface area (TPSA) is 46.5 Å². The van der Waals surface area contributed by atoms with E-state index >= 15 is 0 Å². The van der Waals surface area contributed by atoms with E-state index in [2.05, 4.69) is 0 Å².